The topological polar surface area (TPSA) is 93.5 Å². The second kappa shape index (κ2) is 8.09. The van der Waals surface area contributed by atoms with Crippen LogP contribution >= 0.6 is 15.9 Å². The van der Waals surface area contributed by atoms with Gasteiger partial charge in [-0.05, 0) is 32.0 Å². The Morgan fingerprint density at radius 1 is 1.30 bits per heavy atom. The Kier molecular flexibility index (Phi) is 5.99. The van der Waals surface area contributed by atoms with E-state index in [1.165, 1.54) is 8.99 Å². The fraction of sp³-hybridized carbons (Fsp3) is 0.412. The first kappa shape index (κ1) is 20.0. The highest BCUT2D eigenvalue weighted by molar-refractivity contribution is 9.10. The molecule has 1 aliphatic heterocycles. The van der Waals surface area contributed by atoms with Crippen molar-refractivity contribution in [1.29, 1.82) is 0 Å². The number of aromatic nitrogens is 2. The van der Waals surface area contributed by atoms with Crippen LogP contribution < -0.4 is 5.32 Å². The summed E-state index contributed by atoms with van der Waals surface area (Å²) in [7, 11) is -3.67. The van der Waals surface area contributed by atoms with Gasteiger partial charge in [0.2, 0.25) is 15.9 Å². The highest BCUT2D eigenvalue weighted by atomic mass is 79.9. The van der Waals surface area contributed by atoms with E-state index in [0.29, 0.717) is 43.4 Å². The number of benzene rings is 1. The Balaban J connectivity index is 1.80. The average molecular weight is 457 g/mol. The summed E-state index contributed by atoms with van der Waals surface area (Å²) >= 11 is 3.35. The van der Waals surface area contributed by atoms with Gasteiger partial charge < -0.3 is 10.1 Å². The summed E-state index contributed by atoms with van der Waals surface area (Å²) in [5.41, 5.74) is 1.48. The maximum atomic E-state index is 13.0. The van der Waals surface area contributed by atoms with E-state index in [1.54, 1.807) is 26.0 Å². The summed E-state index contributed by atoms with van der Waals surface area (Å²) in [4.78, 5) is 12.5. The molecule has 0 radical (unpaired) electrons. The molecule has 1 amide bonds. The lowest BCUT2D eigenvalue weighted by Crippen LogP contribution is -2.41. The summed E-state index contributed by atoms with van der Waals surface area (Å²) in [6, 6.07) is 7.24. The van der Waals surface area contributed by atoms with Crippen molar-refractivity contribution in [3.05, 3.63) is 40.1 Å². The van der Waals surface area contributed by atoms with E-state index in [1.807, 2.05) is 12.1 Å². The Morgan fingerprint density at radius 2 is 2.00 bits per heavy atom. The number of carbonyl (C=O) groups excluding carboxylic acids is 1. The number of aryl methyl sites for hydroxylation is 1. The number of morpholine rings is 1. The van der Waals surface area contributed by atoms with Crippen molar-refractivity contribution in [2.75, 3.05) is 31.6 Å². The Bertz CT molecular complexity index is 952. The zero-order valence-corrected chi connectivity index (χ0v) is 17.5. The van der Waals surface area contributed by atoms with Crippen molar-refractivity contribution in [3.8, 4) is 0 Å². The van der Waals surface area contributed by atoms with Crippen LogP contribution in [0.5, 0.6) is 0 Å². The van der Waals surface area contributed by atoms with Gasteiger partial charge in [0.15, 0.2) is 0 Å². The molecule has 1 aromatic carbocycles. The van der Waals surface area contributed by atoms with Crippen LogP contribution in [0.3, 0.4) is 0 Å². The summed E-state index contributed by atoms with van der Waals surface area (Å²) in [6.07, 6.45) is 0. The largest absolute Gasteiger partial charge is 0.379 e. The van der Waals surface area contributed by atoms with Crippen LogP contribution in [0.15, 0.2) is 33.6 Å². The number of amides is 1. The van der Waals surface area contributed by atoms with Crippen LogP contribution in [0.1, 0.15) is 11.4 Å². The molecule has 3 rings (SSSR count). The fourth-order valence-corrected chi connectivity index (χ4v) is 5.21. The molecule has 0 saturated carbocycles. The molecule has 0 spiro atoms. The third-order valence-corrected chi connectivity index (χ3v) is 6.93. The van der Waals surface area contributed by atoms with Gasteiger partial charge >= 0.3 is 0 Å². The van der Waals surface area contributed by atoms with Crippen molar-refractivity contribution in [2.24, 2.45) is 0 Å². The molecule has 0 unspecified atom stereocenters. The van der Waals surface area contributed by atoms with E-state index in [-0.39, 0.29) is 17.3 Å². The van der Waals surface area contributed by atoms with Gasteiger partial charge in [0, 0.05) is 23.2 Å². The number of sulfonamides is 1. The predicted octanol–water partition coefficient (Wildman–Crippen LogP) is 1.92. The van der Waals surface area contributed by atoms with Crippen LogP contribution in [0.2, 0.25) is 0 Å². The molecular weight excluding hydrogens is 436 g/mol. The zero-order valence-electron chi connectivity index (χ0n) is 15.1. The number of ether oxygens (including phenoxy) is 1. The minimum absolute atomic E-state index is 0.0716. The summed E-state index contributed by atoms with van der Waals surface area (Å²) in [5.74, 6) is -0.283. The van der Waals surface area contributed by atoms with E-state index >= 15 is 0 Å². The van der Waals surface area contributed by atoms with Crippen molar-refractivity contribution < 1.29 is 17.9 Å². The van der Waals surface area contributed by atoms with Gasteiger partial charge in [0.05, 0.1) is 24.6 Å². The van der Waals surface area contributed by atoms with E-state index in [9.17, 15) is 13.2 Å². The number of nitrogens with one attached hydrogen (secondary N) is 1. The van der Waals surface area contributed by atoms with Gasteiger partial charge in [-0.2, -0.15) is 9.40 Å². The molecule has 0 bridgehead atoms. The first-order valence-electron chi connectivity index (χ1n) is 8.46. The normalized spacial score (nSPS) is 15.7. The van der Waals surface area contributed by atoms with Gasteiger partial charge in [-0.1, -0.05) is 22.0 Å². The van der Waals surface area contributed by atoms with Gasteiger partial charge in [-0.3, -0.25) is 9.48 Å². The lowest BCUT2D eigenvalue weighted by atomic mass is 10.3. The van der Waals surface area contributed by atoms with E-state index in [0.717, 1.165) is 4.47 Å². The van der Waals surface area contributed by atoms with Crippen LogP contribution in [0.25, 0.3) is 0 Å². The molecule has 0 atom stereocenters. The number of hydrogen-bond acceptors (Lipinski definition) is 5. The van der Waals surface area contributed by atoms with Crippen LogP contribution in [-0.4, -0.2) is 54.7 Å². The smallest absolute Gasteiger partial charge is 0.246 e. The maximum Gasteiger partial charge on any atom is 0.246 e. The minimum Gasteiger partial charge on any atom is -0.379 e. The second-order valence-corrected chi connectivity index (χ2v) is 9.02. The number of carbonyl (C=O) groups is 1. The highest BCUT2D eigenvalue weighted by Crippen LogP contribution is 2.24. The molecule has 10 heteroatoms. The summed E-state index contributed by atoms with van der Waals surface area (Å²) in [5, 5.41) is 7.06. The van der Waals surface area contributed by atoms with Crippen molar-refractivity contribution in [1.82, 2.24) is 14.1 Å². The Hall–Kier alpha value is -1.75. The molecule has 8 nitrogen and oxygen atoms in total. The molecule has 146 valence electrons. The van der Waals surface area contributed by atoms with Gasteiger partial charge in [0.1, 0.15) is 11.4 Å². The molecule has 1 saturated heterocycles. The molecule has 2 aromatic rings. The number of rotatable bonds is 5. The van der Waals surface area contributed by atoms with E-state index < -0.39 is 10.0 Å². The van der Waals surface area contributed by atoms with Crippen LogP contribution in [0, 0.1) is 13.8 Å². The first-order valence-corrected chi connectivity index (χ1v) is 10.7. The van der Waals surface area contributed by atoms with Gasteiger partial charge in [-0.25, -0.2) is 8.42 Å². The van der Waals surface area contributed by atoms with Crippen LogP contribution in [-0.2, 0) is 26.1 Å². The summed E-state index contributed by atoms with van der Waals surface area (Å²) in [6.45, 7) is 4.62. The molecule has 1 fully saturated rings. The number of halogens is 1. The standard InChI is InChI=1S/C17H21BrN4O4S/c1-12-17(27(24,25)21-6-8-26-9-7-21)13(2)22(20-12)11-16(23)19-15-5-3-4-14(18)10-15/h3-5,10H,6-9,11H2,1-2H3,(H,19,23). The number of anilines is 1. The fourth-order valence-electron chi connectivity index (χ4n) is 3.03. The van der Waals surface area contributed by atoms with Crippen molar-refractivity contribution >= 4 is 37.5 Å². The number of hydrogen-bond donors (Lipinski definition) is 1. The molecular formula is C17H21BrN4O4S. The van der Waals surface area contributed by atoms with E-state index in [4.69, 9.17) is 4.74 Å². The summed E-state index contributed by atoms with van der Waals surface area (Å²) < 4.78 is 34.8. The maximum absolute atomic E-state index is 13.0. The lowest BCUT2D eigenvalue weighted by molar-refractivity contribution is -0.116. The Labute approximate surface area is 166 Å². The average Bonchev–Trinajstić information content (AvgIpc) is 2.89. The predicted molar refractivity (Wildman–Crippen MR) is 104 cm³/mol. The van der Waals surface area contributed by atoms with Crippen molar-refractivity contribution in [3.63, 3.8) is 0 Å². The quantitative estimate of drug-likeness (QED) is 0.741. The molecule has 27 heavy (non-hydrogen) atoms. The van der Waals surface area contributed by atoms with Gasteiger partial charge in [0.25, 0.3) is 0 Å². The Morgan fingerprint density at radius 3 is 2.67 bits per heavy atom. The monoisotopic (exact) mass is 456 g/mol. The minimum atomic E-state index is -3.67. The van der Waals surface area contributed by atoms with Gasteiger partial charge in [-0.15, -0.1) is 0 Å². The first-order chi connectivity index (χ1) is 12.8. The molecule has 1 N–H and O–H groups in total. The zero-order chi connectivity index (χ0) is 19.6. The highest BCUT2D eigenvalue weighted by Gasteiger charge is 2.32. The molecule has 0 aliphatic carbocycles. The molecule has 1 aliphatic rings. The molecule has 1 aromatic heterocycles. The van der Waals surface area contributed by atoms with Crippen molar-refractivity contribution in [2.45, 2.75) is 25.3 Å². The van der Waals surface area contributed by atoms with Crippen LogP contribution in [0.4, 0.5) is 5.69 Å². The lowest BCUT2D eigenvalue weighted by Gasteiger charge is -2.26. The molecule has 2 heterocycles. The third-order valence-electron chi connectivity index (χ3n) is 4.28. The SMILES string of the molecule is Cc1nn(CC(=O)Nc2cccc(Br)c2)c(C)c1S(=O)(=O)N1CCOCC1. The number of nitrogens with zero attached hydrogens (tertiary/aromatic N) is 3. The third kappa shape index (κ3) is 4.40. The second-order valence-electron chi connectivity index (χ2n) is 6.23. The van der Waals surface area contributed by atoms with E-state index in [2.05, 4.69) is 26.3 Å².